The first kappa shape index (κ1) is 29.2. The summed E-state index contributed by atoms with van der Waals surface area (Å²) in [6, 6.07) is 14.1. The Morgan fingerprint density at radius 3 is 2.24 bits per heavy atom. The minimum Gasteiger partial charge on any atom is -0.481 e. The maximum absolute atomic E-state index is 16.4. The number of hydrogen-bond donors (Lipinski definition) is 2. The van der Waals surface area contributed by atoms with Crippen molar-refractivity contribution >= 4 is 40.9 Å². The fraction of sp³-hybridized carbons (Fsp3) is 0.323. The number of hydrogen-bond acceptors (Lipinski definition) is 5. The number of ketones is 1. The van der Waals surface area contributed by atoms with Crippen LogP contribution in [0.15, 0.2) is 60.7 Å². The summed E-state index contributed by atoms with van der Waals surface area (Å²) in [5.74, 6) is -2.74. The number of carboxylic acid groups (broad SMARTS) is 1. The molecule has 3 aromatic carbocycles. The number of rotatable bonds is 8. The zero-order valence-electron chi connectivity index (χ0n) is 22.4. The average Bonchev–Trinajstić information content (AvgIpc) is 3.41. The summed E-state index contributed by atoms with van der Waals surface area (Å²) in [5, 5.41) is 21.5. The van der Waals surface area contributed by atoms with E-state index in [-0.39, 0.29) is 35.3 Å². The molecule has 1 fully saturated rings. The minimum atomic E-state index is -1.96. The molecule has 2 N–H and O–H groups in total. The van der Waals surface area contributed by atoms with Crippen molar-refractivity contribution in [1.29, 1.82) is 0 Å². The van der Waals surface area contributed by atoms with Crippen molar-refractivity contribution in [3.05, 3.63) is 104 Å². The van der Waals surface area contributed by atoms with E-state index in [1.807, 2.05) is 0 Å². The van der Waals surface area contributed by atoms with Gasteiger partial charge in [-0.3, -0.25) is 19.3 Å². The van der Waals surface area contributed by atoms with Gasteiger partial charge in [-0.05, 0) is 67.8 Å². The Morgan fingerprint density at radius 2 is 1.71 bits per heavy atom. The minimum absolute atomic E-state index is 0.0324. The van der Waals surface area contributed by atoms with Gasteiger partial charge in [0.05, 0.1) is 35.3 Å². The molecule has 7 nitrogen and oxygen atoms in total. The zero-order chi connectivity index (χ0) is 29.7. The van der Waals surface area contributed by atoms with Crippen molar-refractivity contribution in [2.24, 2.45) is 0 Å². The van der Waals surface area contributed by atoms with Crippen molar-refractivity contribution < 1.29 is 33.7 Å². The van der Waals surface area contributed by atoms with Gasteiger partial charge in [0, 0.05) is 28.5 Å². The largest absolute Gasteiger partial charge is 0.481 e. The standard InChI is InChI=1S/C31H28Cl2FNO6/c1-30(2,40)19-13-24-28(25(34)14-19)31(18-5-9-21(33)10-6-18,41-23-12-11-22(36)15-23)35(29(24)39)26(16-27(37)38)17-3-7-20(32)8-4-17/h3-10,13-14,23,26,40H,11-12,15-16H2,1-2H3,(H,37,38)/t23-,26?,31+/m0/s1. The van der Waals surface area contributed by atoms with E-state index < -0.39 is 47.6 Å². The maximum Gasteiger partial charge on any atom is 0.305 e. The first-order valence-corrected chi connectivity index (χ1v) is 13.9. The van der Waals surface area contributed by atoms with E-state index in [2.05, 4.69) is 0 Å². The highest BCUT2D eigenvalue weighted by Gasteiger charge is 2.58. The third-order valence-electron chi connectivity index (χ3n) is 7.63. The van der Waals surface area contributed by atoms with Crippen LogP contribution in [-0.2, 0) is 25.7 Å². The van der Waals surface area contributed by atoms with E-state index in [1.54, 1.807) is 48.5 Å². The summed E-state index contributed by atoms with van der Waals surface area (Å²) >= 11 is 12.3. The Bertz CT molecular complexity index is 1520. The number of aliphatic carboxylic acids is 1. The molecular formula is C31H28Cl2FNO6. The van der Waals surface area contributed by atoms with Crippen LogP contribution in [0.3, 0.4) is 0 Å². The number of carboxylic acids is 1. The van der Waals surface area contributed by atoms with E-state index >= 15 is 4.39 Å². The van der Waals surface area contributed by atoms with Gasteiger partial charge in [0.15, 0.2) is 0 Å². The number of nitrogens with zero attached hydrogens (tertiary/aromatic N) is 1. The lowest BCUT2D eigenvalue weighted by Crippen LogP contribution is -2.51. The van der Waals surface area contributed by atoms with E-state index in [0.717, 1.165) is 6.07 Å². The van der Waals surface area contributed by atoms with E-state index in [9.17, 15) is 24.6 Å². The topological polar surface area (TPSA) is 104 Å². The third kappa shape index (κ3) is 5.37. The number of halogens is 3. The number of carbonyl (C=O) groups excluding carboxylic acids is 2. The second kappa shape index (κ2) is 10.8. The SMILES string of the molecule is CC(C)(O)c1cc(F)c2c(c1)C(=O)N(C(CC(=O)O)c1ccc(Cl)cc1)[C@@]2(O[C@H]1CCC(=O)C1)c1ccc(Cl)cc1. The first-order valence-electron chi connectivity index (χ1n) is 13.1. The molecule has 1 amide bonds. The second-order valence-corrected chi connectivity index (χ2v) is 11.8. The van der Waals surface area contributed by atoms with Crippen molar-refractivity contribution in [3.63, 3.8) is 0 Å². The van der Waals surface area contributed by atoms with Gasteiger partial charge in [-0.15, -0.1) is 0 Å². The zero-order valence-corrected chi connectivity index (χ0v) is 23.9. The first-order chi connectivity index (χ1) is 19.3. The summed E-state index contributed by atoms with van der Waals surface area (Å²) in [4.78, 5) is 40.3. The lowest BCUT2D eigenvalue weighted by molar-refractivity contribution is -0.162. The van der Waals surface area contributed by atoms with Gasteiger partial charge < -0.3 is 14.9 Å². The molecule has 3 atom stereocenters. The van der Waals surface area contributed by atoms with Crippen LogP contribution in [-0.4, -0.2) is 38.9 Å². The van der Waals surface area contributed by atoms with Crippen LogP contribution < -0.4 is 0 Å². The lowest BCUT2D eigenvalue weighted by atomic mass is 9.87. The fourth-order valence-corrected chi connectivity index (χ4v) is 5.95. The van der Waals surface area contributed by atoms with Gasteiger partial charge in [0.1, 0.15) is 11.6 Å². The van der Waals surface area contributed by atoms with Crippen LogP contribution in [0.2, 0.25) is 10.0 Å². The highest BCUT2D eigenvalue weighted by molar-refractivity contribution is 6.30. The number of aliphatic hydroxyl groups is 1. The molecule has 41 heavy (non-hydrogen) atoms. The highest BCUT2D eigenvalue weighted by Crippen LogP contribution is 2.53. The summed E-state index contributed by atoms with van der Waals surface area (Å²) < 4.78 is 23.1. The van der Waals surface area contributed by atoms with Crippen molar-refractivity contribution in [1.82, 2.24) is 4.90 Å². The van der Waals surface area contributed by atoms with Crippen LogP contribution in [0.1, 0.15) is 78.2 Å². The van der Waals surface area contributed by atoms with E-state index in [0.29, 0.717) is 27.6 Å². The van der Waals surface area contributed by atoms with Crippen LogP contribution in [0.25, 0.3) is 0 Å². The average molecular weight is 600 g/mol. The number of fused-ring (bicyclic) bond motifs is 1. The molecule has 1 aliphatic heterocycles. The van der Waals surface area contributed by atoms with E-state index in [4.69, 9.17) is 27.9 Å². The highest BCUT2D eigenvalue weighted by atomic mass is 35.5. The van der Waals surface area contributed by atoms with Crippen LogP contribution in [0.5, 0.6) is 0 Å². The maximum atomic E-state index is 16.4. The molecule has 0 saturated heterocycles. The predicted molar refractivity (Wildman–Crippen MR) is 150 cm³/mol. The quantitative estimate of drug-likeness (QED) is 0.312. The van der Waals surface area contributed by atoms with Gasteiger partial charge >= 0.3 is 5.97 Å². The Labute approximate surface area is 246 Å². The molecule has 1 heterocycles. The normalized spacial score (nSPS) is 21.3. The number of carbonyl (C=O) groups is 3. The third-order valence-corrected chi connectivity index (χ3v) is 8.14. The smallest absolute Gasteiger partial charge is 0.305 e. The molecule has 0 aromatic heterocycles. The number of amides is 1. The van der Waals surface area contributed by atoms with Gasteiger partial charge in [0.2, 0.25) is 5.72 Å². The van der Waals surface area contributed by atoms with Crippen LogP contribution in [0, 0.1) is 5.82 Å². The molecule has 1 saturated carbocycles. The molecule has 3 aromatic rings. The van der Waals surface area contributed by atoms with Gasteiger partial charge in [-0.2, -0.15) is 0 Å². The van der Waals surface area contributed by atoms with Crippen LogP contribution in [0.4, 0.5) is 4.39 Å². The van der Waals surface area contributed by atoms with Crippen LogP contribution >= 0.6 is 23.2 Å². The van der Waals surface area contributed by atoms with Gasteiger partial charge in [0.25, 0.3) is 5.91 Å². The Morgan fingerprint density at radius 1 is 1.10 bits per heavy atom. The Balaban J connectivity index is 1.85. The van der Waals surface area contributed by atoms with Crippen molar-refractivity contribution in [3.8, 4) is 0 Å². The predicted octanol–water partition coefficient (Wildman–Crippen LogP) is 6.37. The number of ether oxygens (including phenoxy) is 1. The van der Waals surface area contributed by atoms with Gasteiger partial charge in [-0.1, -0.05) is 47.5 Å². The molecule has 0 bridgehead atoms. The molecule has 0 radical (unpaired) electrons. The fourth-order valence-electron chi connectivity index (χ4n) is 5.70. The summed E-state index contributed by atoms with van der Waals surface area (Å²) in [6.45, 7) is 2.94. The second-order valence-electron chi connectivity index (χ2n) is 11.0. The summed E-state index contributed by atoms with van der Waals surface area (Å²) in [6.07, 6.45) is -0.551. The van der Waals surface area contributed by atoms with E-state index in [1.165, 1.54) is 24.8 Å². The number of benzene rings is 3. The molecule has 2 aliphatic rings. The van der Waals surface area contributed by atoms with Crippen molar-refractivity contribution in [2.75, 3.05) is 0 Å². The lowest BCUT2D eigenvalue weighted by Gasteiger charge is -2.45. The molecule has 0 spiro atoms. The molecule has 1 unspecified atom stereocenters. The molecular weight excluding hydrogens is 572 g/mol. The summed E-state index contributed by atoms with van der Waals surface area (Å²) in [7, 11) is 0. The molecule has 214 valence electrons. The molecule has 5 rings (SSSR count). The number of Topliss-reactive ketones (excluding diaryl/α,β-unsaturated/α-hetero) is 1. The Hall–Kier alpha value is -3.30. The Kier molecular flexibility index (Phi) is 7.72. The molecule has 1 aliphatic carbocycles. The van der Waals surface area contributed by atoms with Crippen molar-refractivity contribution in [2.45, 2.75) is 63.0 Å². The van der Waals surface area contributed by atoms with Gasteiger partial charge in [-0.25, -0.2) is 4.39 Å². The molecule has 10 heteroatoms. The summed E-state index contributed by atoms with van der Waals surface area (Å²) in [5.41, 5.74) is -2.73. The monoisotopic (exact) mass is 599 g/mol.